The van der Waals surface area contributed by atoms with E-state index in [1.54, 1.807) is 26.1 Å². The van der Waals surface area contributed by atoms with Gasteiger partial charge in [-0.05, 0) is 18.6 Å². The molecule has 0 saturated heterocycles. The van der Waals surface area contributed by atoms with Crippen LogP contribution in [0.3, 0.4) is 0 Å². The normalized spacial score (nSPS) is 10.7. The largest absolute Gasteiger partial charge is 0.480 e. The summed E-state index contributed by atoms with van der Waals surface area (Å²) >= 11 is 0. The van der Waals surface area contributed by atoms with Gasteiger partial charge in [-0.1, -0.05) is 12.1 Å². The molecule has 2 aromatic rings. The number of aromatic nitrogens is 2. The fourth-order valence-electron chi connectivity index (χ4n) is 2.09. The van der Waals surface area contributed by atoms with E-state index < -0.39 is 4.92 Å². The van der Waals surface area contributed by atoms with Gasteiger partial charge in [-0.2, -0.15) is 5.10 Å². The molecule has 1 amide bonds. The number of methoxy groups -OCH3 is 1. The third-order valence-corrected chi connectivity index (χ3v) is 3.12. The number of hydrogen-bond donors (Lipinski definition) is 1. The summed E-state index contributed by atoms with van der Waals surface area (Å²) in [6.07, 6.45) is 2.80. The van der Waals surface area contributed by atoms with E-state index in [2.05, 4.69) is 10.4 Å². The maximum atomic E-state index is 12.0. The van der Waals surface area contributed by atoms with Crippen molar-refractivity contribution in [3.63, 3.8) is 0 Å². The van der Waals surface area contributed by atoms with E-state index in [1.807, 2.05) is 0 Å². The Morgan fingerprint density at radius 3 is 2.87 bits per heavy atom. The van der Waals surface area contributed by atoms with E-state index in [0.717, 1.165) is 0 Å². The summed E-state index contributed by atoms with van der Waals surface area (Å²) < 4.78 is 6.71. The molecule has 23 heavy (non-hydrogen) atoms. The lowest BCUT2D eigenvalue weighted by Gasteiger charge is -2.05. The van der Waals surface area contributed by atoms with Gasteiger partial charge < -0.3 is 10.1 Å². The molecule has 0 spiro atoms. The fourth-order valence-corrected chi connectivity index (χ4v) is 2.09. The van der Waals surface area contributed by atoms with Crippen LogP contribution in [-0.4, -0.2) is 27.7 Å². The summed E-state index contributed by atoms with van der Waals surface area (Å²) in [7, 11) is 3.20. The predicted octanol–water partition coefficient (Wildman–Crippen LogP) is 2.30. The minimum atomic E-state index is -0.485. The van der Waals surface area contributed by atoms with Crippen LogP contribution in [0.15, 0.2) is 30.3 Å². The molecule has 8 nitrogen and oxygen atoms in total. The van der Waals surface area contributed by atoms with Gasteiger partial charge in [0.1, 0.15) is 5.69 Å². The summed E-state index contributed by atoms with van der Waals surface area (Å²) in [5.41, 5.74) is 1.65. The zero-order valence-corrected chi connectivity index (χ0v) is 12.9. The zero-order chi connectivity index (χ0) is 17.0. The first-order valence-electron chi connectivity index (χ1n) is 6.73. The Kier molecular flexibility index (Phi) is 4.75. The third-order valence-electron chi connectivity index (χ3n) is 3.12. The standard InChI is InChI=1S/C15H16N4O4/c1-10-14(15(23-3)18(2)17-10)16-13(20)8-7-11-5-4-6-12(9-11)19(21)22/h4-9H,1-3H3,(H,16,20)/b8-7-. The van der Waals surface area contributed by atoms with Crippen LogP contribution in [0.25, 0.3) is 6.08 Å². The Morgan fingerprint density at radius 1 is 1.48 bits per heavy atom. The molecule has 8 heteroatoms. The number of benzene rings is 1. The van der Waals surface area contributed by atoms with E-state index in [1.165, 1.54) is 36.1 Å². The molecule has 1 aromatic carbocycles. The Hall–Kier alpha value is -3.16. The topological polar surface area (TPSA) is 99.3 Å². The Balaban J connectivity index is 2.14. The SMILES string of the molecule is COc1c(NC(=O)/C=C\c2cccc([N+](=O)[O-])c2)c(C)nn1C. The monoisotopic (exact) mass is 316 g/mol. The lowest BCUT2D eigenvalue weighted by Crippen LogP contribution is -2.09. The number of non-ortho nitro benzene ring substituents is 1. The van der Waals surface area contributed by atoms with Crippen LogP contribution in [0.5, 0.6) is 5.88 Å². The first-order valence-corrected chi connectivity index (χ1v) is 6.73. The second kappa shape index (κ2) is 6.73. The molecular weight excluding hydrogens is 300 g/mol. The van der Waals surface area contributed by atoms with Crippen molar-refractivity contribution in [2.45, 2.75) is 6.92 Å². The second-order valence-corrected chi connectivity index (χ2v) is 4.77. The van der Waals surface area contributed by atoms with Crippen molar-refractivity contribution in [3.8, 4) is 5.88 Å². The molecule has 0 saturated carbocycles. The van der Waals surface area contributed by atoms with Gasteiger partial charge in [-0.15, -0.1) is 0 Å². The highest BCUT2D eigenvalue weighted by Gasteiger charge is 2.15. The van der Waals surface area contributed by atoms with Crippen molar-refractivity contribution in [1.82, 2.24) is 9.78 Å². The Labute approximate surface area is 132 Å². The van der Waals surface area contributed by atoms with Crippen LogP contribution in [0.2, 0.25) is 0 Å². The van der Waals surface area contributed by atoms with Gasteiger partial charge in [0, 0.05) is 25.3 Å². The maximum Gasteiger partial charge on any atom is 0.270 e. The van der Waals surface area contributed by atoms with Gasteiger partial charge in [0.05, 0.1) is 17.7 Å². The lowest BCUT2D eigenvalue weighted by molar-refractivity contribution is -0.384. The van der Waals surface area contributed by atoms with E-state index in [4.69, 9.17) is 4.74 Å². The van der Waals surface area contributed by atoms with Crippen molar-refractivity contribution in [2.75, 3.05) is 12.4 Å². The first-order chi connectivity index (χ1) is 10.9. The number of carbonyl (C=O) groups is 1. The summed E-state index contributed by atoms with van der Waals surface area (Å²) in [6.45, 7) is 1.75. The summed E-state index contributed by atoms with van der Waals surface area (Å²) in [4.78, 5) is 22.2. The van der Waals surface area contributed by atoms with Crippen molar-refractivity contribution in [3.05, 3.63) is 51.7 Å². The van der Waals surface area contributed by atoms with Crippen LogP contribution in [0, 0.1) is 17.0 Å². The molecule has 2 rings (SSSR count). The van der Waals surface area contributed by atoms with Crippen LogP contribution in [-0.2, 0) is 11.8 Å². The molecule has 0 atom stereocenters. The van der Waals surface area contributed by atoms with E-state index in [9.17, 15) is 14.9 Å². The number of nitrogens with one attached hydrogen (secondary N) is 1. The molecular formula is C15H16N4O4. The van der Waals surface area contributed by atoms with Gasteiger partial charge in [0.25, 0.3) is 5.69 Å². The molecule has 0 fully saturated rings. The molecule has 0 radical (unpaired) electrons. The molecule has 0 bridgehead atoms. The maximum absolute atomic E-state index is 12.0. The molecule has 0 unspecified atom stereocenters. The van der Waals surface area contributed by atoms with Crippen molar-refractivity contribution < 1.29 is 14.5 Å². The number of nitro benzene ring substituents is 1. The average molecular weight is 316 g/mol. The molecule has 1 heterocycles. The zero-order valence-electron chi connectivity index (χ0n) is 12.9. The van der Waals surface area contributed by atoms with Gasteiger partial charge in [-0.25, -0.2) is 4.68 Å². The average Bonchev–Trinajstić information content (AvgIpc) is 2.78. The first kappa shape index (κ1) is 16.2. The van der Waals surface area contributed by atoms with Crippen molar-refractivity contribution >= 4 is 23.4 Å². The number of amides is 1. The summed E-state index contributed by atoms with van der Waals surface area (Å²) in [6, 6.07) is 6.01. The van der Waals surface area contributed by atoms with Crippen LogP contribution >= 0.6 is 0 Å². The highest BCUT2D eigenvalue weighted by molar-refractivity contribution is 6.03. The number of carbonyl (C=O) groups excluding carboxylic acids is 1. The molecule has 0 aliphatic carbocycles. The minimum Gasteiger partial charge on any atom is -0.480 e. The quantitative estimate of drug-likeness (QED) is 0.518. The predicted molar refractivity (Wildman–Crippen MR) is 85.3 cm³/mol. The minimum absolute atomic E-state index is 0.0302. The Bertz CT molecular complexity index is 780. The molecule has 0 aliphatic heterocycles. The summed E-state index contributed by atoms with van der Waals surface area (Å²) in [5.74, 6) is 0.0607. The highest BCUT2D eigenvalue weighted by atomic mass is 16.6. The van der Waals surface area contributed by atoms with Crippen LogP contribution < -0.4 is 10.1 Å². The number of nitro groups is 1. The Morgan fingerprint density at radius 2 is 2.22 bits per heavy atom. The highest BCUT2D eigenvalue weighted by Crippen LogP contribution is 2.26. The number of nitrogens with zero attached hydrogens (tertiary/aromatic N) is 3. The van der Waals surface area contributed by atoms with E-state index >= 15 is 0 Å². The number of ether oxygens (including phenoxy) is 1. The van der Waals surface area contributed by atoms with E-state index in [-0.39, 0.29) is 11.6 Å². The number of anilines is 1. The molecule has 0 aliphatic rings. The van der Waals surface area contributed by atoms with Gasteiger partial charge in [0.15, 0.2) is 0 Å². The third kappa shape index (κ3) is 3.73. The van der Waals surface area contributed by atoms with Gasteiger partial charge in [-0.3, -0.25) is 14.9 Å². The van der Waals surface area contributed by atoms with Crippen molar-refractivity contribution in [1.29, 1.82) is 0 Å². The lowest BCUT2D eigenvalue weighted by atomic mass is 10.2. The molecule has 120 valence electrons. The fraction of sp³-hybridized carbons (Fsp3) is 0.200. The van der Waals surface area contributed by atoms with Gasteiger partial charge >= 0.3 is 0 Å². The second-order valence-electron chi connectivity index (χ2n) is 4.77. The van der Waals surface area contributed by atoms with Crippen molar-refractivity contribution in [2.24, 2.45) is 7.05 Å². The molecule has 1 aromatic heterocycles. The number of aryl methyl sites for hydroxylation is 2. The van der Waals surface area contributed by atoms with E-state index in [0.29, 0.717) is 22.8 Å². The van der Waals surface area contributed by atoms with Crippen LogP contribution in [0.4, 0.5) is 11.4 Å². The van der Waals surface area contributed by atoms with Crippen LogP contribution in [0.1, 0.15) is 11.3 Å². The molecule has 1 N–H and O–H groups in total. The number of rotatable bonds is 5. The summed E-state index contributed by atoms with van der Waals surface area (Å²) in [5, 5.41) is 17.6. The smallest absolute Gasteiger partial charge is 0.270 e. The van der Waals surface area contributed by atoms with Gasteiger partial charge in [0.2, 0.25) is 11.8 Å². The number of hydrogen-bond acceptors (Lipinski definition) is 5.